The van der Waals surface area contributed by atoms with Gasteiger partial charge in [-0.1, -0.05) is 18.2 Å². The number of ether oxygens (including phenoxy) is 3. The summed E-state index contributed by atoms with van der Waals surface area (Å²) in [5.41, 5.74) is 6.73. The highest BCUT2D eigenvalue weighted by atomic mass is 16.7. The second-order valence-corrected chi connectivity index (χ2v) is 5.00. The fourth-order valence-electron chi connectivity index (χ4n) is 2.69. The molecule has 1 aliphatic carbocycles. The molecule has 98 valence electrons. The summed E-state index contributed by atoms with van der Waals surface area (Å²) in [5.74, 6) is 1.14. The van der Waals surface area contributed by atoms with Crippen molar-refractivity contribution in [2.75, 3.05) is 19.8 Å². The van der Waals surface area contributed by atoms with E-state index < -0.39 is 0 Å². The maximum Gasteiger partial charge on any atom is 0.169 e. The van der Waals surface area contributed by atoms with Crippen molar-refractivity contribution < 1.29 is 14.2 Å². The first-order valence-electron chi connectivity index (χ1n) is 6.50. The van der Waals surface area contributed by atoms with E-state index in [1.807, 2.05) is 24.3 Å². The van der Waals surface area contributed by atoms with Gasteiger partial charge in [0.05, 0.1) is 19.8 Å². The van der Waals surface area contributed by atoms with Crippen molar-refractivity contribution in [2.24, 2.45) is 11.7 Å². The Bertz CT molecular complexity index is 407. The lowest BCUT2D eigenvalue weighted by Crippen LogP contribution is -2.46. The average Bonchev–Trinajstić information content (AvgIpc) is 2.85. The van der Waals surface area contributed by atoms with Crippen molar-refractivity contribution in [3.63, 3.8) is 0 Å². The standard InChI is InChI=1S/C14H19NO3/c15-9-12-3-1-2-4-13(12)16-10-11-7-14(8-11)17-5-6-18-14/h1-4,11H,5-10,15H2. The van der Waals surface area contributed by atoms with Crippen molar-refractivity contribution in [3.8, 4) is 5.75 Å². The Morgan fingerprint density at radius 2 is 1.94 bits per heavy atom. The van der Waals surface area contributed by atoms with Gasteiger partial charge in [0, 0.05) is 30.9 Å². The fourth-order valence-corrected chi connectivity index (χ4v) is 2.69. The van der Waals surface area contributed by atoms with Gasteiger partial charge in [-0.2, -0.15) is 0 Å². The average molecular weight is 249 g/mol. The van der Waals surface area contributed by atoms with Crippen molar-refractivity contribution in [1.82, 2.24) is 0 Å². The van der Waals surface area contributed by atoms with Crippen LogP contribution < -0.4 is 10.5 Å². The lowest BCUT2D eigenvalue weighted by molar-refractivity contribution is -0.233. The van der Waals surface area contributed by atoms with Gasteiger partial charge in [-0.05, 0) is 6.07 Å². The van der Waals surface area contributed by atoms with Crippen LogP contribution in [0, 0.1) is 5.92 Å². The van der Waals surface area contributed by atoms with Crippen LogP contribution in [0.5, 0.6) is 5.75 Å². The molecule has 0 radical (unpaired) electrons. The quantitative estimate of drug-likeness (QED) is 0.882. The highest BCUT2D eigenvalue weighted by molar-refractivity contribution is 5.33. The van der Waals surface area contributed by atoms with E-state index in [9.17, 15) is 0 Å². The molecule has 0 amide bonds. The molecule has 3 rings (SSSR count). The summed E-state index contributed by atoms with van der Waals surface area (Å²) in [5, 5.41) is 0. The molecule has 2 N–H and O–H groups in total. The molecule has 0 aromatic heterocycles. The fraction of sp³-hybridized carbons (Fsp3) is 0.571. The number of benzene rings is 1. The molecule has 1 aromatic carbocycles. The lowest BCUT2D eigenvalue weighted by atomic mass is 9.79. The molecule has 2 aliphatic rings. The number of nitrogens with two attached hydrogens (primary N) is 1. The molecule has 0 unspecified atom stereocenters. The third-order valence-corrected chi connectivity index (χ3v) is 3.68. The van der Waals surface area contributed by atoms with Crippen molar-refractivity contribution >= 4 is 0 Å². The van der Waals surface area contributed by atoms with Gasteiger partial charge in [0.2, 0.25) is 0 Å². The number of hydrogen-bond donors (Lipinski definition) is 1. The van der Waals surface area contributed by atoms with Gasteiger partial charge >= 0.3 is 0 Å². The minimum Gasteiger partial charge on any atom is -0.493 e. The Morgan fingerprint density at radius 1 is 1.22 bits per heavy atom. The first-order chi connectivity index (χ1) is 8.81. The Balaban J connectivity index is 1.50. The molecular formula is C14H19NO3. The van der Waals surface area contributed by atoms with Crippen LogP contribution in [0.1, 0.15) is 18.4 Å². The van der Waals surface area contributed by atoms with Gasteiger partial charge in [0.15, 0.2) is 5.79 Å². The van der Waals surface area contributed by atoms with Gasteiger partial charge in [-0.3, -0.25) is 0 Å². The zero-order valence-electron chi connectivity index (χ0n) is 10.4. The predicted molar refractivity (Wildman–Crippen MR) is 67.2 cm³/mol. The van der Waals surface area contributed by atoms with Gasteiger partial charge in [0.1, 0.15) is 5.75 Å². The molecule has 0 bridgehead atoms. The SMILES string of the molecule is NCc1ccccc1OCC1CC2(C1)OCCO2. The van der Waals surface area contributed by atoms with Crippen LogP contribution in [-0.2, 0) is 16.0 Å². The topological polar surface area (TPSA) is 53.7 Å². The lowest BCUT2D eigenvalue weighted by Gasteiger charge is -2.42. The van der Waals surface area contributed by atoms with Crippen LogP contribution in [0.4, 0.5) is 0 Å². The Kier molecular flexibility index (Phi) is 3.24. The smallest absolute Gasteiger partial charge is 0.169 e. The third-order valence-electron chi connectivity index (χ3n) is 3.68. The zero-order chi connectivity index (χ0) is 12.4. The summed E-state index contributed by atoms with van der Waals surface area (Å²) in [7, 11) is 0. The number of hydrogen-bond acceptors (Lipinski definition) is 4. The van der Waals surface area contributed by atoms with Gasteiger partial charge < -0.3 is 19.9 Å². The van der Waals surface area contributed by atoms with E-state index in [0.29, 0.717) is 19.1 Å². The second kappa shape index (κ2) is 4.88. The van der Waals surface area contributed by atoms with Crippen molar-refractivity contribution in [1.29, 1.82) is 0 Å². The second-order valence-electron chi connectivity index (χ2n) is 5.00. The first kappa shape index (κ1) is 12.0. The largest absolute Gasteiger partial charge is 0.493 e. The summed E-state index contributed by atoms with van der Waals surface area (Å²) >= 11 is 0. The molecule has 1 heterocycles. The van der Waals surface area contributed by atoms with Gasteiger partial charge in [-0.15, -0.1) is 0 Å². The molecule has 2 fully saturated rings. The molecule has 1 aliphatic heterocycles. The molecule has 18 heavy (non-hydrogen) atoms. The zero-order valence-corrected chi connectivity index (χ0v) is 10.4. The van der Waals surface area contributed by atoms with Crippen LogP contribution >= 0.6 is 0 Å². The van der Waals surface area contributed by atoms with Gasteiger partial charge in [0.25, 0.3) is 0 Å². The minimum atomic E-state index is -0.276. The Labute approximate surface area is 107 Å². The number of para-hydroxylation sites is 1. The molecule has 1 saturated carbocycles. The highest BCUT2D eigenvalue weighted by Crippen LogP contribution is 2.44. The molecule has 1 aromatic rings. The van der Waals surface area contributed by atoms with Crippen molar-refractivity contribution in [3.05, 3.63) is 29.8 Å². The van der Waals surface area contributed by atoms with E-state index in [4.69, 9.17) is 19.9 Å². The maximum absolute atomic E-state index is 5.84. The van der Waals surface area contributed by atoms with E-state index in [-0.39, 0.29) is 5.79 Å². The van der Waals surface area contributed by atoms with E-state index in [0.717, 1.165) is 37.4 Å². The summed E-state index contributed by atoms with van der Waals surface area (Å²) < 4.78 is 17.1. The molecule has 4 heteroatoms. The molecule has 4 nitrogen and oxygen atoms in total. The van der Waals surface area contributed by atoms with Crippen LogP contribution in [0.25, 0.3) is 0 Å². The van der Waals surface area contributed by atoms with Crippen LogP contribution in [-0.4, -0.2) is 25.6 Å². The third kappa shape index (κ3) is 2.23. The molecule has 0 atom stereocenters. The highest BCUT2D eigenvalue weighted by Gasteiger charge is 2.49. The molecule has 1 saturated heterocycles. The normalized spacial score (nSPS) is 22.1. The summed E-state index contributed by atoms with van der Waals surface area (Å²) in [4.78, 5) is 0. The van der Waals surface area contributed by atoms with E-state index in [2.05, 4.69) is 0 Å². The monoisotopic (exact) mass is 249 g/mol. The van der Waals surface area contributed by atoms with E-state index in [1.165, 1.54) is 0 Å². The van der Waals surface area contributed by atoms with Crippen molar-refractivity contribution in [2.45, 2.75) is 25.2 Å². The first-order valence-corrected chi connectivity index (χ1v) is 6.50. The van der Waals surface area contributed by atoms with Crippen LogP contribution in [0.2, 0.25) is 0 Å². The van der Waals surface area contributed by atoms with Crippen LogP contribution in [0.15, 0.2) is 24.3 Å². The summed E-state index contributed by atoms with van der Waals surface area (Å²) in [6.45, 7) is 2.68. The minimum absolute atomic E-state index is 0.276. The van der Waals surface area contributed by atoms with E-state index in [1.54, 1.807) is 0 Å². The molecule has 1 spiro atoms. The Hall–Kier alpha value is -1.10. The predicted octanol–water partition coefficient (Wildman–Crippen LogP) is 1.68. The molecular weight excluding hydrogens is 230 g/mol. The summed E-state index contributed by atoms with van der Waals surface area (Å²) in [6.07, 6.45) is 1.88. The number of rotatable bonds is 4. The maximum atomic E-state index is 5.84. The van der Waals surface area contributed by atoms with Crippen LogP contribution in [0.3, 0.4) is 0 Å². The summed E-state index contributed by atoms with van der Waals surface area (Å²) in [6, 6.07) is 7.92. The van der Waals surface area contributed by atoms with Gasteiger partial charge in [-0.25, -0.2) is 0 Å². The Morgan fingerprint density at radius 3 is 2.67 bits per heavy atom. The van der Waals surface area contributed by atoms with E-state index >= 15 is 0 Å².